The first-order valence-electron chi connectivity index (χ1n) is 7.76. The van der Waals surface area contributed by atoms with Crippen molar-refractivity contribution in [2.45, 2.75) is 18.6 Å². The molecule has 0 bridgehead atoms. The number of carboxylic acid groups (broad SMARTS) is 1. The van der Waals surface area contributed by atoms with Crippen LogP contribution in [-0.4, -0.2) is 27.4 Å². The molecule has 27 heavy (non-hydrogen) atoms. The van der Waals surface area contributed by atoms with E-state index in [9.17, 15) is 13.2 Å². The summed E-state index contributed by atoms with van der Waals surface area (Å²) < 4.78 is 37.0. The van der Waals surface area contributed by atoms with Gasteiger partial charge in [-0.2, -0.15) is 18.2 Å². The number of alkyl halides is 3. The van der Waals surface area contributed by atoms with Crippen molar-refractivity contribution in [1.82, 2.24) is 10.1 Å². The smallest absolute Gasteiger partial charge is 0.475 e. The summed E-state index contributed by atoms with van der Waals surface area (Å²) in [6, 6.07) is 19.5. The van der Waals surface area contributed by atoms with Gasteiger partial charge in [-0.05, 0) is 12.0 Å². The van der Waals surface area contributed by atoms with Gasteiger partial charge < -0.3 is 15.4 Å². The topological polar surface area (TPSA) is 102 Å². The fraction of sp³-hybridized carbons (Fsp3) is 0.167. The molecule has 0 aliphatic carbocycles. The summed E-state index contributed by atoms with van der Waals surface area (Å²) in [4.78, 5) is 13.3. The van der Waals surface area contributed by atoms with Crippen LogP contribution in [0, 0.1) is 0 Å². The molecule has 0 fully saturated rings. The molecule has 3 rings (SSSR count). The normalized spacial score (nSPS) is 12.0. The molecule has 3 aromatic rings. The van der Waals surface area contributed by atoms with Crippen LogP contribution in [0.15, 0.2) is 65.2 Å². The molecular formula is C18H16F3N3O3. The number of hydrogen-bond acceptors (Lipinski definition) is 5. The highest BCUT2D eigenvalue weighted by atomic mass is 19.4. The van der Waals surface area contributed by atoms with Gasteiger partial charge in [-0.15, -0.1) is 0 Å². The van der Waals surface area contributed by atoms with E-state index in [4.69, 9.17) is 20.2 Å². The van der Waals surface area contributed by atoms with E-state index in [1.54, 1.807) is 0 Å². The van der Waals surface area contributed by atoms with Crippen LogP contribution in [0.3, 0.4) is 0 Å². The summed E-state index contributed by atoms with van der Waals surface area (Å²) in [6.07, 6.45) is -4.41. The van der Waals surface area contributed by atoms with Crippen molar-refractivity contribution in [1.29, 1.82) is 0 Å². The summed E-state index contributed by atoms with van der Waals surface area (Å²) in [5, 5.41) is 11.1. The second-order valence-electron chi connectivity index (χ2n) is 5.42. The average Bonchev–Trinajstić information content (AvgIpc) is 3.13. The summed E-state index contributed by atoms with van der Waals surface area (Å²) in [5.41, 5.74) is 8.20. The third-order valence-corrected chi connectivity index (χ3v) is 3.33. The maximum absolute atomic E-state index is 10.6. The molecule has 0 aliphatic rings. The maximum atomic E-state index is 10.6. The van der Waals surface area contributed by atoms with E-state index in [1.807, 2.05) is 60.7 Å². The number of benzene rings is 2. The van der Waals surface area contributed by atoms with Gasteiger partial charge in [0.2, 0.25) is 11.7 Å². The molecule has 3 N–H and O–H groups in total. The molecule has 0 unspecified atom stereocenters. The lowest BCUT2D eigenvalue weighted by Crippen LogP contribution is -2.21. The SMILES string of the molecule is N[C@@H](Cc1ccccc1)c1nc(-c2ccccc2)no1.O=C(O)C(F)(F)F. The second kappa shape index (κ2) is 8.95. The predicted octanol–water partition coefficient (Wildman–Crippen LogP) is 3.61. The number of halogens is 3. The van der Waals surface area contributed by atoms with Gasteiger partial charge in [-0.25, -0.2) is 4.79 Å². The van der Waals surface area contributed by atoms with Gasteiger partial charge in [-0.3, -0.25) is 0 Å². The molecule has 0 spiro atoms. The largest absolute Gasteiger partial charge is 0.490 e. The molecule has 1 heterocycles. The quantitative estimate of drug-likeness (QED) is 0.718. The second-order valence-corrected chi connectivity index (χ2v) is 5.42. The highest BCUT2D eigenvalue weighted by molar-refractivity contribution is 5.73. The van der Waals surface area contributed by atoms with Crippen molar-refractivity contribution in [3.63, 3.8) is 0 Å². The van der Waals surface area contributed by atoms with Gasteiger partial charge in [-0.1, -0.05) is 65.8 Å². The van der Waals surface area contributed by atoms with Crippen LogP contribution in [0.2, 0.25) is 0 Å². The van der Waals surface area contributed by atoms with Crippen LogP contribution in [0.25, 0.3) is 11.4 Å². The number of carboxylic acids is 1. The number of aliphatic carboxylic acids is 1. The molecule has 1 atom stereocenters. The molecule has 6 nitrogen and oxygen atoms in total. The summed E-state index contributed by atoms with van der Waals surface area (Å²) in [6.45, 7) is 0. The van der Waals surface area contributed by atoms with Crippen molar-refractivity contribution in [3.05, 3.63) is 72.1 Å². The Morgan fingerprint density at radius 3 is 2.11 bits per heavy atom. The van der Waals surface area contributed by atoms with Gasteiger partial charge in [0.1, 0.15) is 0 Å². The van der Waals surface area contributed by atoms with E-state index in [0.29, 0.717) is 18.1 Å². The number of carbonyl (C=O) groups is 1. The zero-order chi connectivity index (χ0) is 19.9. The molecular weight excluding hydrogens is 363 g/mol. The predicted molar refractivity (Wildman–Crippen MR) is 90.5 cm³/mol. The minimum Gasteiger partial charge on any atom is -0.475 e. The molecule has 9 heteroatoms. The van der Waals surface area contributed by atoms with Crippen LogP contribution in [-0.2, 0) is 11.2 Å². The van der Waals surface area contributed by atoms with Gasteiger partial charge in [0.15, 0.2) is 0 Å². The molecule has 0 aliphatic heterocycles. The third kappa shape index (κ3) is 6.23. The Kier molecular flexibility index (Phi) is 6.67. The molecule has 0 saturated heterocycles. The van der Waals surface area contributed by atoms with Crippen LogP contribution < -0.4 is 5.73 Å². The van der Waals surface area contributed by atoms with Gasteiger partial charge in [0.25, 0.3) is 0 Å². The van der Waals surface area contributed by atoms with E-state index < -0.39 is 12.1 Å². The number of nitrogens with two attached hydrogens (primary N) is 1. The van der Waals surface area contributed by atoms with Crippen molar-refractivity contribution >= 4 is 5.97 Å². The Morgan fingerprint density at radius 2 is 1.59 bits per heavy atom. The molecule has 2 aromatic carbocycles. The van der Waals surface area contributed by atoms with Crippen molar-refractivity contribution in [3.8, 4) is 11.4 Å². The minimum atomic E-state index is -5.08. The van der Waals surface area contributed by atoms with Crippen molar-refractivity contribution in [2.24, 2.45) is 5.73 Å². The van der Waals surface area contributed by atoms with Crippen LogP contribution in [0.4, 0.5) is 13.2 Å². The summed E-state index contributed by atoms with van der Waals surface area (Å²) >= 11 is 0. The first-order chi connectivity index (χ1) is 12.8. The molecule has 0 radical (unpaired) electrons. The van der Waals surface area contributed by atoms with E-state index in [2.05, 4.69) is 10.1 Å². The Morgan fingerprint density at radius 1 is 1.07 bits per heavy atom. The zero-order valence-electron chi connectivity index (χ0n) is 13.9. The molecule has 142 valence electrons. The van der Waals surface area contributed by atoms with E-state index in [-0.39, 0.29) is 6.04 Å². The Bertz CT molecular complexity index is 852. The Balaban J connectivity index is 0.000000321. The first kappa shape index (κ1) is 20.1. The zero-order valence-corrected chi connectivity index (χ0v) is 13.9. The minimum absolute atomic E-state index is 0.289. The third-order valence-electron chi connectivity index (χ3n) is 3.33. The lowest BCUT2D eigenvalue weighted by molar-refractivity contribution is -0.192. The molecule has 0 saturated carbocycles. The number of aromatic nitrogens is 2. The fourth-order valence-electron chi connectivity index (χ4n) is 2.05. The van der Waals surface area contributed by atoms with Crippen LogP contribution in [0.5, 0.6) is 0 Å². The molecule has 1 aromatic heterocycles. The summed E-state index contributed by atoms with van der Waals surface area (Å²) in [7, 11) is 0. The number of hydrogen-bond donors (Lipinski definition) is 2. The van der Waals surface area contributed by atoms with Gasteiger partial charge in [0, 0.05) is 5.56 Å². The monoisotopic (exact) mass is 379 g/mol. The first-order valence-corrected chi connectivity index (χ1v) is 7.76. The summed E-state index contributed by atoms with van der Waals surface area (Å²) in [5.74, 6) is -1.72. The van der Waals surface area contributed by atoms with Gasteiger partial charge in [0.05, 0.1) is 6.04 Å². The van der Waals surface area contributed by atoms with Crippen molar-refractivity contribution in [2.75, 3.05) is 0 Å². The highest BCUT2D eigenvalue weighted by Gasteiger charge is 2.38. The van der Waals surface area contributed by atoms with Crippen molar-refractivity contribution < 1.29 is 27.6 Å². The van der Waals surface area contributed by atoms with Crippen LogP contribution in [0.1, 0.15) is 17.5 Å². The lowest BCUT2D eigenvalue weighted by Gasteiger charge is -2.05. The number of nitrogens with zero attached hydrogens (tertiary/aromatic N) is 2. The van der Waals surface area contributed by atoms with E-state index in [0.717, 1.165) is 11.1 Å². The maximum Gasteiger partial charge on any atom is 0.490 e. The van der Waals surface area contributed by atoms with E-state index in [1.165, 1.54) is 0 Å². The lowest BCUT2D eigenvalue weighted by atomic mass is 10.1. The Hall–Kier alpha value is -3.20. The fourth-order valence-corrected chi connectivity index (χ4v) is 2.05. The standard InChI is InChI=1S/C16H15N3O.C2HF3O2/c17-14(11-12-7-3-1-4-8-12)16-18-15(19-20-16)13-9-5-2-6-10-13;3-2(4,5)1(6)7/h1-10,14H,11,17H2;(H,6,7)/t14-;/m0./s1. The van der Waals surface area contributed by atoms with Gasteiger partial charge >= 0.3 is 12.1 Å². The Labute approximate surface area is 152 Å². The van der Waals surface area contributed by atoms with E-state index >= 15 is 0 Å². The number of rotatable bonds is 4. The van der Waals surface area contributed by atoms with Crippen LogP contribution >= 0.6 is 0 Å². The molecule has 0 amide bonds. The average molecular weight is 379 g/mol. The highest BCUT2D eigenvalue weighted by Crippen LogP contribution is 2.19.